The van der Waals surface area contributed by atoms with Crippen molar-refractivity contribution in [3.8, 4) is 17.2 Å². The third-order valence-electron chi connectivity index (χ3n) is 5.01. The molecular weight excluding hydrogens is 358 g/mol. The van der Waals surface area contributed by atoms with Crippen molar-refractivity contribution >= 4 is 5.91 Å². The van der Waals surface area contributed by atoms with Gasteiger partial charge < -0.3 is 14.4 Å². The summed E-state index contributed by atoms with van der Waals surface area (Å²) < 4.78 is 12.3. The summed E-state index contributed by atoms with van der Waals surface area (Å²) in [7, 11) is 3.23. The highest BCUT2D eigenvalue weighted by atomic mass is 16.5. The molecule has 2 heterocycles. The van der Waals surface area contributed by atoms with Gasteiger partial charge in [-0.2, -0.15) is 0 Å². The van der Waals surface area contributed by atoms with Crippen molar-refractivity contribution in [1.82, 2.24) is 25.1 Å². The number of carbonyl (C=O) groups excluding carboxylic acids is 1. The SMILES string of the molecule is COc1ccc(C2CCCN2C(=O)c2cccc(-n3cnnn3)c2)cc1OC. The second kappa shape index (κ2) is 7.67. The summed E-state index contributed by atoms with van der Waals surface area (Å²) in [5.74, 6) is 1.34. The minimum absolute atomic E-state index is 0.00370. The lowest BCUT2D eigenvalue weighted by Gasteiger charge is -2.26. The first-order valence-electron chi connectivity index (χ1n) is 9.07. The fraction of sp³-hybridized carbons (Fsp3) is 0.300. The van der Waals surface area contributed by atoms with Crippen LogP contribution in [0.2, 0.25) is 0 Å². The zero-order valence-corrected chi connectivity index (χ0v) is 15.8. The van der Waals surface area contributed by atoms with Gasteiger partial charge in [0.25, 0.3) is 5.91 Å². The molecule has 0 aliphatic carbocycles. The smallest absolute Gasteiger partial charge is 0.254 e. The molecule has 1 fully saturated rings. The van der Waals surface area contributed by atoms with Gasteiger partial charge in [-0.05, 0) is 59.2 Å². The Morgan fingerprint density at radius 2 is 1.96 bits per heavy atom. The number of hydrogen-bond acceptors (Lipinski definition) is 6. The Bertz CT molecular complexity index is 974. The van der Waals surface area contributed by atoms with Crippen molar-refractivity contribution in [2.75, 3.05) is 20.8 Å². The van der Waals surface area contributed by atoms with Crippen LogP contribution in [-0.2, 0) is 0 Å². The number of amides is 1. The number of rotatable bonds is 5. The molecule has 4 rings (SSSR count). The topological polar surface area (TPSA) is 82.4 Å². The molecule has 0 bridgehead atoms. The van der Waals surface area contributed by atoms with Crippen molar-refractivity contribution in [3.63, 3.8) is 0 Å². The Morgan fingerprint density at radius 3 is 2.71 bits per heavy atom. The molecule has 144 valence electrons. The summed E-state index contributed by atoms with van der Waals surface area (Å²) in [6, 6.07) is 13.2. The summed E-state index contributed by atoms with van der Waals surface area (Å²) >= 11 is 0. The van der Waals surface area contributed by atoms with Gasteiger partial charge in [0.1, 0.15) is 6.33 Å². The Balaban J connectivity index is 1.62. The van der Waals surface area contributed by atoms with Crippen molar-refractivity contribution in [2.24, 2.45) is 0 Å². The predicted octanol–water partition coefficient (Wildman–Crippen LogP) is 2.66. The molecule has 0 spiro atoms. The number of ether oxygens (including phenoxy) is 2. The lowest BCUT2D eigenvalue weighted by atomic mass is 10.0. The highest BCUT2D eigenvalue weighted by Gasteiger charge is 2.31. The van der Waals surface area contributed by atoms with Crippen molar-refractivity contribution in [3.05, 3.63) is 59.9 Å². The van der Waals surface area contributed by atoms with Gasteiger partial charge in [0, 0.05) is 12.1 Å². The van der Waals surface area contributed by atoms with Crippen LogP contribution in [-0.4, -0.2) is 51.8 Å². The van der Waals surface area contributed by atoms with Gasteiger partial charge in [-0.3, -0.25) is 4.79 Å². The second-order valence-electron chi connectivity index (χ2n) is 6.58. The number of hydrogen-bond donors (Lipinski definition) is 0. The zero-order valence-electron chi connectivity index (χ0n) is 15.8. The largest absolute Gasteiger partial charge is 0.493 e. The van der Waals surface area contributed by atoms with Crippen LogP contribution in [0.5, 0.6) is 11.5 Å². The molecule has 0 N–H and O–H groups in total. The average molecular weight is 379 g/mol. The highest BCUT2D eigenvalue weighted by molar-refractivity contribution is 5.95. The van der Waals surface area contributed by atoms with E-state index in [9.17, 15) is 4.79 Å². The Morgan fingerprint density at radius 1 is 1.11 bits per heavy atom. The summed E-state index contributed by atoms with van der Waals surface area (Å²) in [4.78, 5) is 15.2. The average Bonchev–Trinajstić information content (AvgIpc) is 3.45. The number of methoxy groups -OCH3 is 2. The maximum atomic E-state index is 13.2. The first kappa shape index (κ1) is 18.0. The maximum Gasteiger partial charge on any atom is 0.254 e. The fourth-order valence-electron chi connectivity index (χ4n) is 3.64. The van der Waals surface area contributed by atoms with Gasteiger partial charge in [-0.25, -0.2) is 4.68 Å². The van der Waals surface area contributed by atoms with Gasteiger partial charge in [-0.15, -0.1) is 5.10 Å². The third-order valence-corrected chi connectivity index (χ3v) is 5.01. The van der Waals surface area contributed by atoms with E-state index in [1.165, 1.54) is 11.0 Å². The van der Waals surface area contributed by atoms with Crippen LogP contribution >= 0.6 is 0 Å². The number of benzene rings is 2. The van der Waals surface area contributed by atoms with Gasteiger partial charge in [0.15, 0.2) is 11.5 Å². The molecule has 1 aromatic heterocycles. The number of nitrogens with zero attached hydrogens (tertiary/aromatic N) is 5. The highest BCUT2D eigenvalue weighted by Crippen LogP contribution is 2.37. The molecule has 1 atom stereocenters. The van der Waals surface area contributed by atoms with Gasteiger partial charge in [-0.1, -0.05) is 12.1 Å². The van der Waals surface area contributed by atoms with Crippen LogP contribution in [0, 0.1) is 0 Å². The molecule has 1 amide bonds. The van der Waals surface area contributed by atoms with Crippen molar-refractivity contribution in [2.45, 2.75) is 18.9 Å². The molecule has 28 heavy (non-hydrogen) atoms. The quantitative estimate of drug-likeness (QED) is 0.678. The molecule has 1 aliphatic rings. The zero-order chi connectivity index (χ0) is 19.5. The first-order chi connectivity index (χ1) is 13.7. The summed E-state index contributed by atoms with van der Waals surface area (Å²) in [6.07, 6.45) is 3.37. The van der Waals surface area contributed by atoms with E-state index in [1.54, 1.807) is 14.2 Å². The van der Waals surface area contributed by atoms with Gasteiger partial charge in [0.2, 0.25) is 0 Å². The Hall–Kier alpha value is -3.42. The molecule has 2 aromatic carbocycles. The summed E-state index contributed by atoms with van der Waals surface area (Å²) in [6.45, 7) is 0.715. The maximum absolute atomic E-state index is 13.2. The summed E-state index contributed by atoms with van der Waals surface area (Å²) in [5.41, 5.74) is 2.40. The molecule has 3 aromatic rings. The van der Waals surface area contributed by atoms with E-state index in [0.29, 0.717) is 23.6 Å². The minimum Gasteiger partial charge on any atom is -0.493 e. The number of carbonyl (C=O) groups is 1. The van der Waals surface area contributed by atoms with E-state index in [2.05, 4.69) is 15.5 Å². The van der Waals surface area contributed by atoms with Crippen LogP contribution in [0.1, 0.15) is 34.8 Å². The molecule has 0 saturated carbocycles. The third kappa shape index (κ3) is 3.28. The minimum atomic E-state index is -0.00721. The monoisotopic (exact) mass is 379 g/mol. The van der Waals surface area contributed by atoms with Crippen LogP contribution in [0.4, 0.5) is 0 Å². The Labute approximate surface area is 162 Å². The number of tetrazole rings is 1. The van der Waals surface area contributed by atoms with Crippen LogP contribution in [0.3, 0.4) is 0 Å². The van der Waals surface area contributed by atoms with Gasteiger partial charge >= 0.3 is 0 Å². The second-order valence-corrected chi connectivity index (χ2v) is 6.58. The van der Waals surface area contributed by atoms with E-state index in [4.69, 9.17) is 9.47 Å². The summed E-state index contributed by atoms with van der Waals surface area (Å²) in [5, 5.41) is 11.2. The normalized spacial score (nSPS) is 16.2. The lowest BCUT2D eigenvalue weighted by Crippen LogP contribution is -2.30. The van der Waals surface area contributed by atoms with Crippen molar-refractivity contribution < 1.29 is 14.3 Å². The lowest BCUT2D eigenvalue weighted by molar-refractivity contribution is 0.0735. The van der Waals surface area contributed by atoms with E-state index in [0.717, 1.165) is 24.1 Å². The van der Waals surface area contributed by atoms with E-state index < -0.39 is 0 Å². The van der Waals surface area contributed by atoms with E-state index in [1.807, 2.05) is 47.4 Å². The van der Waals surface area contributed by atoms with Crippen LogP contribution < -0.4 is 9.47 Å². The van der Waals surface area contributed by atoms with E-state index >= 15 is 0 Å². The number of aromatic nitrogens is 4. The molecule has 8 heteroatoms. The first-order valence-corrected chi connectivity index (χ1v) is 9.07. The van der Waals surface area contributed by atoms with Crippen LogP contribution in [0.25, 0.3) is 5.69 Å². The van der Waals surface area contributed by atoms with Crippen molar-refractivity contribution in [1.29, 1.82) is 0 Å². The molecule has 1 unspecified atom stereocenters. The molecule has 8 nitrogen and oxygen atoms in total. The predicted molar refractivity (Wildman–Crippen MR) is 102 cm³/mol. The molecule has 1 aliphatic heterocycles. The molecule has 1 saturated heterocycles. The molecule has 0 radical (unpaired) electrons. The fourth-order valence-corrected chi connectivity index (χ4v) is 3.64. The molecular formula is C20H21N5O3. The standard InChI is InChI=1S/C20H21N5O3/c1-27-18-9-8-14(12-19(18)28-2)17-7-4-10-24(17)20(26)15-5-3-6-16(11-15)25-13-21-22-23-25/h3,5-6,8-9,11-13,17H,4,7,10H2,1-2H3. The van der Waals surface area contributed by atoms with Gasteiger partial charge in [0.05, 0.1) is 25.9 Å². The number of likely N-dealkylation sites (tertiary alicyclic amines) is 1. The Kier molecular flexibility index (Phi) is 4.92. The van der Waals surface area contributed by atoms with Crippen LogP contribution in [0.15, 0.2) is 48.8 Å². The van der Waals surface area contributed by atoms with E-state index in [-0.39, 0.29) is 11.9 Å².